The van der Waals surface area contributed by atoms with E-state index in [1.165, 1.54) is 0 Å². The maximum absolute atomic E-state index is 12.4. The molecule has 2 rings (SSSR count). The number of hydrogen-bond acceptors (Lipinski definition) is 3. The lowest BCUT2D eigenvalue weighted by molar-refractivity contribution is 0.0743. The summed E-state index contributed by atoms with van der Waals surface area (Å²) < 4.78 is 5.88. The Bertz CT molecular complexity index is 669. The van der Waals surface area contributed by atoms with E-state index >= 15 is 0 Å². The molecule has 2 aromatic carbocycles. The molecule has 0 unspecified atom stereocenters. The first-order valence-corrected chi connectivity index (χ1v) is 8.49. The Morgan fingerprint density at radius 1 is 1.12 bits per heavy atom. The van der Waals surface area contributed by atoms with Crippen LogP contribution in [0.3, 0.4) is 0 Å². The maximum atomic E-state index is 12.4. The summed E-state index contributed by atoms with van der Waals surface area (Å²) in [7, 11) is 0. The molecule has 0 saturated heterocycles. The van der Waals surface area contributed by atoms with Crippen LogP contribution in [0.1, 0.15) is 42.6 Å². The van der Waals surface area contributed by atoms with Gasteiger partial charge in [0.1, 0.15) is 5.75 Å². The first-order chi connectivity index (χ1) is 11.5. The van der Waals surface area contributed by atoms with Crippen molar-refractivity contribution in [3.05, 3.63) is 64.7 Å². The first kappa shape index (κ1) is 18.3. The van der Waals surface area contributed by atoms with E-state index in [-0.39, 0.29) is 12.0 Å². The van der Waals surface area contributed by atoms with Crippen molar-refractivity contribution < 1.29 is 9.53 Å². The summed E-state index contributed by atoms with van der Waals surface area (Å²) in [5.74, 6) is 6.43. The number of ether oxygens (including phenoxy) is 1. The zero-order valence-corrected chi connectivity index (χ0v) is 14.8. The van der Waals surface area contributed by atoms with E-state index < -0.39 is 0 Å². The molecular formula is C19H23ClN2O2. The molecule has 128 valence electrons. The molecule has 0 fully saturated rings. The van der Waals surface area contributed by atoms with Crippen LogP contribution in [0.4, 0.5) is 0 Å². The number of benzene rings is 2. The lowest BCUT2D eigenvalue weighted by Gasteiger charge is -2.18. The molecule has 0 aromatic heterocycles. The molecule has 1 amide bonds. The van der Waals surface area contributed by atoms with Crippen LogP contribution >= 0.6 is 11.6 Å². The number of nitrogens with zero attached hydrogens (tertiary/aromatic N) is 1. The van der Waals surface area contributed by atoms with E-state index in [0.717, 1.165) is 29.2 Å². The van der Waals surface area contributed by atoms with Crippen molar-refractivity contribution >= 4 is 17.5 Å². The van der Waals surface area contributed by atoms with E-state index in [1.54, 1.807) is 24.3 Å². The van der Waals surface area contributed by atoms with Crippen molar-refractivity contribution in [3.63, 3.8) is 0 Å². The third-order valence-corrected chi connectivity index (χ3v) is 4.18. The molecule has 5 heteroatoms. The quantitative estimate of drug-likeness (QED) is 0.458. The van der Waals surface area contributed by atoms with Gasteiger partial charge in [0.05, 0.1) is 23.2 Å². The number of carbonyl (C=O) groups excluding carboxylic acids is 1. The zero-order chi connectivity index (χ0) is 17.5. The Balaban J connectivity index is 2.00. The van der Waals surface area contributed by atoms with Gasteiger partial charge in [0.25, 0.3) is 5.91 Å². The van der Waals surface area contributed by atoms with Gasteiger partial charge in [0.15, 0.2) is 0 Å². The predicted octanol–water partition coefficient (Wildman–Crippen LogP) is 4.42. The van der Waals surface area contributed by atoms with Gasteiger partial charge in [-0.15, -0.1) is 0 Å². The number of nitrogens with two attached hydrogens (primary N) is 1. The van der Waals surface area contributed by atoms with E-state index in [9.17, 15) is 4.79 Å². The zero-order valence-electron chi connectivity index (χ0n) is 14.0. The van der Waals surface area contributed by atoms with Gasteiger partial charge in [0, 0.05) is 0 Å². The van der Waals surface area contributed by atoms with Gasteiger partial charge in [-0.05, 0) is 42.7 Å². The van der Waals surface area contributed by atoms with Crippen LogP contribution in [-0.2, 0) is 6.54 Å². The van der Waals surface area contributed by atoms with Crippen LogP contribution in [0.5, 0.6) is 5.75 Å². The molecule has 0 saturated carbocycles. The van der Waals surface area contributed by atoms with Gasteiger partial charge in [0.2, 0.25) is 0 Å². The standard InChI is InChI=1S/C19H23ClN2O2/c1-3-15(4-2)24-16-11-9-14(10-12-16)13-22(21)19(23)17-7-5-6-8-18(17)20/h5-12,15H,3-4,13,21H2,1-2H3. The number of hydrazine groups is 1. The van der Waals surface area contributed by atoms with Crippen molar-refractivity contribution in [1.29, 1.82) is 0 Å². The van der Waals surface area contributed by atoms with E-state index in [2.05, 4.69) is 13.8 Å². The highest BCUT2D eigenvalue weighted by Crippen LogP contribution is 2.19. The van der Waals surface area contributed by atoms with Crippen molar-refractivity contribution in [2.45, 2.75) is 39.3 Å². The summed E-state index contributed by atoms with van der Waals surface area (Å²) in [5.41, 5.74) is 1.32. The second-order valence-electron chi connectivity index (χ2n) is 5.61. The molecule has 0 bridgehead atoms. The van der Waals surface area contributed by atoms with Crippen molar-refractivity contribution in [1.82, 2.24) is 5.01 Å². The summed E-state index contributed by atoms with van der Waals surface area (Å²) in [6.45, 7) is 4.51. The van der Waals surface area contributed by atoms with E-state index in [0.29, 0.717) is 17.1 Å². The second-order valence-corrected chi connectivity index (χ2v) is 6.02. The maximum Gasteiger partial charge on any atom is 0.269 e. The molecule has 0 heterocycles. The molecule has 2 N–H and O–H groups in total. The molecule has 0 radical (unpaired) electrons. The molecular weight excluding hydrogens is 324 g/mol. The highest BCUT2D eigenvalue weighted by atomic mass is 35.5. The lowest BCUT2D eigenvalue weighted by atomic mass is 10.1. The smallest absolute Gasteiger partial charge is 0.269 e. The van der Waals surface area contributed by atoms with Crippen molar-refractivity contribution in [2.24, 2.45) is 5.84 Å². The Kier molecular flexibility index (Phi) is 6.64. The van der Waals surface area contributed by atoms with Crippen LogP contribution < -0.4 is 10.6 Å². The highest BCUT2D eigenvalue weighted by molar-refractivity contribution is 6.33. The SMILES string of the molecule is CCC(CC)Oc1ccc(CN(N)C(=O)c2ccccc2Cl)cc1. The summed E-state index contributed by atoms with van der Waals surface area (Å²) in [5, 5.41) is 1.56. The van der Waals surface area contributed by atoms with Crippen molar-refractivity contribution in [3.8, 4) is 5.75 Å². The van der Waals surface area contributed by atoms with Crippen LogP contribution in [0.25, 0.3) is 0 Å². The number of rotatable bonds is 7. The summed E-state index contributed by atoms with van der Waals surface area (Å²) in [6, 6.07) is 14.5. The van der Waals surface area contributed by atoms with Crippen LogP contribution in [-0.4, -0.2) is 17.0 Å². The number of carbonyl (C=O) groups is 1. The second kappa shape index (κ2) is 8.71. The largest absolute Gasteiger partial charge is 0.490 e. The third kappa shape index (κ3) is 4.73. The normalized spacial score (nSPS) is 10.7. The number of hydrogen-bond donors (Lipinski definition) is 1. The average Bonchev–Trinajstić information content (AvgIpc) is 2.60. The van der Waals surface area contributed by atoms with E-state index in [1.807, 2.05) is 24.3 Å². The fourth-order valence-corrected chi connectivity index (χ4v) is 2.60. The molecule has 0 atom stereocenters. The Labute approximate surface area is 148 Å². The van der Waals surface area contributed by atoms with Crippen molar-refractivity contribution in [2.75, 3.05) is 0 Å². The van der Waals surface area contributed by atoms with Crippen LogP contribution in [0.2, 0.25) is 5.02 Å². The van der Waals surface area contributed by atoms with Crippen LogP contribution in [0.15, 0.2) is 48.5 Å². The van der Waals surface area contributed by atoms with Gasteiger partial charge in [-0.1, -0.05) is 49.7 Å². The van der Waals surface area contributed by atoms with Gasteiger partial charge < -0.3 is 4.74 Å². The Morgan fingerprint density at radius 2 is 1.75 bits per heavy atom. The van der Waals surface area contributed by atoms with Crippen LogP contribution in [0, 0.1) is 0 Å². The summed E-state index contributed by atoms with van der Waals surface area (Å²) in [6.07, 6.45) is 2.17. The minimum Gasteiger partial charge on any atom is -0.490 e. The number of halogens is 1. The molecule has 4 nitrogen and oxygen atoms in total. The lowest BCUT2D eigenvalue weighted by Crippen LogP contribution is -2.36. The van der Waals surface area contributed by atoms with E-state index in [4.69, 9.17) is 22.2 Å². The Hall–Kier alpha value is -2.04. The third-order valence-electron chi connectivity index (χ3n) is 3.85. The monoisotopic (exact) mass is 346 g/mol. The molecule has 0 aliphatic carbocycles. The first-order valence-electron chi connectivity index (χ1n) is 8.11. The van der Waals surface area contributed by atoms with Gasteiger partial charge >= 0.3 is 0 Å². The predicted molar refractivity (Wildman–Crippen MR) is 97.0 cm³/mol. The molecule has 2 aromatic rings. The minimum atomic E-state index is -0.307. The topological polar surface area (TPSA) is 55.6 Å². The summed E-state index contributed by atoms with van der Waals surface area (Å²) >= 11 is 6.04. The molecule has 0 aliphatic heterocycles. The fourth-order valence-electron chi connectivity index (χ4n) is 2.38. The number of amides is 1. The highest BCUT2D eigenvalue weighted by Gasteiger charge is 2.15. The summed E-state index contributed by atoms with van der Waals surface area (Å²) in [4.78, 5) is 12.4. The van der Waals surface area contributed by atoms with Gasteiger partial charge in [-0.2, -0.15) is 0 Å². The average molecular weight is 347 g/mol. The molecule has 24 heavy (non-hydrogen) atoms. The molecule has 0 aliphatic rings. The Morgan fingerprint density at radius 3 is 2.33 bits per heavy atom. The molecule has 0 spiro atoms. The minimum absolute atomic E-state index is 0.226. The van der Waals surface area contributed by atoms with Gasteiger partial charge in [-0.3, -0.25) is 9.80 Å². The van der Waals surface area contributed by atoms with Gasteiger partial charge in [-0.25, -0.2) is 5.84 Å². The fraction of sp³-hybridized carbons (Fsp3) is 0.316.